The lowest BCUT2D eigenvalue weighted by molar-refractivity contribution is 0.181. The van der Waals surface area contributed by atoms with Gasteiger partial charge in [0.05, 0.1) is 12.6 Å². The first kappa shape index (κ1) is 16.4. The van der Waals surface area contributed by atoms with Crippen LogP contribution in [0.15, 0.2) is 10.7 Å². The van der Waals surface area contributed by atoms with Crippen molar-refractivity contribution >= 4 is 21.7 Å². The van der Waals surface area contributed by atoms with Crippen molar-refractivity contribution in [2.24, 2.45) is 0 Å². The minimum Gasteiger partial charge on any atom is -0.383 e. The third-order valence-corrected chi connectivity index (χ3v) is 3.33. The highest BCUT2D eigenvalue weighted by Gasteiger charge is 2.21. The number of aromatic nitrogens is 2. The molecule has 19 heavy (non-hydrogen) atoms. The number of ether oxygens (including phenoxy) is 1. The zero-order valence-corrected chi connectivity index (χ0v) is 14.3. The molecular weight excluding hydrogens is 306 g/mol. The lowest BCUT2D eigenvalue weighted by Crippen LogP contribution is -2.37. The topological polar surface area (TPSA) is 38.2 Å². The van der Waals surface area contributed by atoms with E-state index < -0.39 is 0 Å². The lowest BCUT2D eigenvalue weighted by Gasteiger charge is -2.30. The highest BCUT2D eigenvalue weighted by Crippen LogP contribution is 2.25. The van der Waals surface area contributed by atoms with Crippen LogP contribution in [0.2, 0.25) is 0 Å². The summed E-state index contributed by atoms with van der Waals surface area (Å²) in [7, 11) is 1.72. The predicted octanol–water partition coefficient (Wildman–Crippen LogP) is 3.40. The van der Waals surface area contributed by atoms with E-state index in [1.54, 1.807) is 7.11 Å². The Morgan fingerprint density at radius 1 is 1.37 bits per heavy atom. The van der Waals surface area contributed by atoms with Crippen LogP contribution in [-0.2, 0) is 10.2 Å². The predicted molar refractivity (Wildman–Crippen MR) is 82.8 cm³/mol. The number of methoxy groups -OCH3 is 1. The van der Waals surface area contributed by atoms with E-state index in [1.807, 2.05) is 6.07 Å². The lowest BCUT2D eigenvalue weighted by atomic mass is 9.96. The van der Waals surface area contributed by atoms with E-state index in [2.05, 4.69) is 60.4 Å². The first-order valence-corrected chi connectivity index (χ1v) is 7.39. The van der Waals surface area contributed by atoms with Crippen molar-refractivity contribution < 1.29 is 4.74 Å². The van der Waals surface area contributed by atoms with Crippen LogP contribution in [-0.4, -0.2) is 36.3 Å². The summed E-state index contributed by atoms with van der Waals surface area (Å²) in [5.74, 6) is 1.79. The molecular formula is C14H24BrN3O. The molecule has 108 valence electrons. The standard InChI is InChI=1S/C14H24BrN3O/c1-7-18(10(2)9-19-6)12-8-11(15)16-13(17-12)14(3,4)5/h8,10H,7,9H2,1-6H3. The smallest absolute Gasteiger partial charge is 0.137 e. The maximum absolute atomic E-state index is 5.24. The molecule has 4 nitrogen and oxygen atoms in total. The molecule has 0 spiro atoms. The Balaban J connectivity index is 3.14. The van der Waals surface area contributed by atoms with Gasteiger partial charge in [-0.3, -0.25) is 0 Å². The first-order chi connectivity index (χ1) is 8.79. The quantitative estimate of drug-likeness (QED) is 0.776. The van der Waals surface area contributed by atoms with Crippen molar-refractivity contribution in [3.05, 3.63) is 16.5 Å². The maximum Gasteiger partial charge on any atom is 0.137 e. The Kier molecular flexibility index (Phi) is 5.74. The van der Waals surface area contributed by atoms with Crippen LogP contribution in [0, 0.1) is 0 Å². The van der Waals surface area contributed by atoms with Gasteiger partial charge in [0, 0.05) is 25.1 Å². The van der Waals surface area contributed by atoms with Gasteiger partial charge in [0.1, 0.15) is 16.2 Å². The summed E-state index contributed by atoms with van der Waals surface area (Å²) in [4.78, 5) is 11.4. The van der Waals surface area contributed by atoms with E-state index in [0.29, 0.717) is 6.61 Å². The molecule has 1 aromatic heterocycles. The normalized spacial score (nSPS) is 13.4. The minimum atomic E-state index is -0.0670. The highest BCUT2D eigenvalue weighted by molar-refractivity contribution is 9.10. The molecule has 5 heteroatoms. The van der Waals surface area contributed by atoms with Gasteiger partial charge in [0.25, 0.3) is 0 Å². The minimum absolute atomic E-state index is 0.0670. The number of rotatable bonds is 5. The van der Waals surface area contributed by atoms with Gasteiger partial charge < -0.3 is 9.64 Å². The molecule has 1 aromatic rings. The monoisotopic (exact) mass is 329 g/mol. The van der Waals surface area contributed by atoms with E-state index in [9.17, 15) is 0 Å². The molecule has 0 saturated carbocycles. The zero-order valence-electron chi connectivity index (χ0n) is 12.7. The van der Waals surface area contributed by atoms with E-state index in [0.717, 1.165) is 22.8 Å². The Morgan fingerprint density at radius 2 is 2.00 bits per heavy atom. The number of nitrogens with zero attached hydrogens (tertiary/aromatic N) is 3. The second-order valence-corrected chi connectivity index (χ2v) is 6.53. The van der Waals surface area contributed by atoms with Gasteiger partial charge in [0.15, 0.2) is 0 Å². The second kappa shape index (κ2) is 6.66. The number of hydrogen-bond acceptors (Lipinski definition) is 4. The van der Waals surface area contributed by atoms with Crippen molar-refractivity contribution in [3.8, 4) is 0 Å². The van der Waals surface area contributed by atoms with Crippen LogP contribution in [0.25, 0.3) is 0 Å². The fraction of sp³-hybridized carbons (Fsp3) is 0.714. The summed E-state index contributed by atoms with van der Waals surface area (Å²) in [6, 6.07) is 2.25. The summed E-state index contributed by atoms with van der Waals surface area (Å²) in [5, 5.41) is 0. The molecule has 0 bridgehead atoms. The van der Waals surface area contributed by atoms with Gasteiger partial charge in [-0.15, -0.1) is 0 Å². The van der Waals surface area contributed by atoms with Crippen molar-refractivity contribution in [2.75, 3.05) is 25.2 Å². The molecule has 0 aliphatic heterocycles. The molecule has 1 heterocycles. The molecule has 1 rings (SSSR count). The van der Waals surface area contributed by atoms with Crippen molar-refractivity contribution in [3.63, 3.8) is 0 Å². The van der Waals surface area contributed by atoms with Gasteiger partial charge in [-0.05, 0) is 29.8 Å². The zero-order chi connectivity index (χ0) is 14.6. The van der Waals surface area contributed by atoms with Gasteiger partial charge in [-0.2, -0.15) is 0 Å². The van der Waals surface area contributed by atoms with Crippen LogP contribution in [0.3, 0.4) is 0 Å². The van der Waals surface area contributed by atoms with E-state index in [1.165, 1.54) is 0 Å². The molecule has 0 fully saturated rings. The van der Waals surface area contributed by atoms with Crippen LogP contribution in [0.5, 0.6) is 0 Å². The Hall–Kier alpha value is -0.680. The SMILES string of the molecule is CCN(c1cc(Br)nc(C(C)(C)C)n1)C(C)COC. The Morgan fingerprint density at radius 3 is 2.47 bits per heavy atom. The molecule has 0 saturated heterocycles. The largest absolute Gasteiger partial charge is 0.383 e. The van der Waals surface area contributed by atoms with Crippen molar-refractivity contribution in [2.45, 2.75) is 46.1 Å². The number of anilines is 1. The third kappa shape index (κ3) is 4.42. The van der Waals surface area contributed by atoms with Crippen molar-refractivity contribution in [1.82, 2.24) is 9.97 Å². The van der Waals surface area contributed by atoms with Gasteiger partial charge in [-0.1, -0.05) is 20.8 Å². The summed E-state index contributed by atoms with van der Waals surface area (Å²) in [6.45, 7) is 12.2. The molecule has 0 N–H and O–H groups in total. The summed E-state index contributed by atoms with van der Waals surface area (Å²) in [6.07, 6.45) is 0. The number of likely N-dealkylation sites (N-methyl/N-ethyl adjacent to an activating group) is 1. The second-order valence-electron chi connectivity index (χ2n) is 5.71. The summed E-state index contributed by atoms with van der Waals surface area (Å²) in [5.41, 5.74) is -0.0670. The van der Waals surface area contributed by atoms with Crippen LogP contribution in [0.4, 0.5) is 5.82 Å². The molecule has 0 radical (unpaired) electrons. The van der Waals surface area contributed by atoms with E-state index in [-0.39, 0.29) is 11.5 Å². The summed E-state index contributed by atoms with van der Waals surface area (Å²) < 4.78 is 6.06. The molecule has 0 aliphatic carbocycles. The van der Waals surface area contributed by atoms with Gasteiger partial charge in [-0.25, -0.2) is 9.97 Å². The molecule has 1 unspecified atom stereocenters. The first-order valence-electron chi connectivity index (χ1n) is 6.60. The Labute approximate surface area is 124 Å². The van der Waals surface area contributed by atoms with Crippen molar-refractivity contribution in [1.29, 1.82) is 0 Å². The van der Waals surface area contributed by atoms with E-state index in [4.69, 9.17) is 9.72 Å². The van der Waals surface area contributed by atoms with Crippen LogP contribution in [0.1, 0.15) is 40.4 Å². The molecule has 0 aliphatic rings. The Bertz CT molecular complexity index is 418. The van der Waals surface area contributed by atoms with Crippen LogP contribution >= 0.6 is 15.9 Å². The van der Waals surface area contributed by atoms with Gasteiger partial charge in [0.2, 0.25) is 0 Å². The van der Waals surface area contributed by atoms with Gasteiger partial charge >= 0.3 is 0 Å². The fourth-order valence-electron chi connectivity index (χ4n) is 1.92. The third-order valence-electron chi connectivity index (χ3n) is 2.93. The molecule has 0 amide bonds. The highest BCUT2D eigenvalue weighted by atomic mass is 79.9. The number of halogens is 1. The summed E-state index contributed by atoms with van der Waals surface area (Å²) >= 11 is 3.48. The average Bonchev–Trinajstić information content (AvgIpc) is 2.28. The average molecular weight is 330 g/mol. The fourth-order valence-corrected chi connectivity index (χ4v) is 2.29. The van der Waals surface area contributed by atoms with E-state index >= 15 is 0 Å². The van der Waals surface area contributed by atoms with Crippen LogP contribution < -0.4 is 4.90 Å². The molecule has 0 aromatic carbocycles. The number of hydrogen-bond donors (Lipinski definition) is 0. The maximum atomic E-state index is 5.24. The molecule has 1 atom stereocenters.